The Morgan fingerprint density at radius 1 is 1.30 bits per heavy atom. The molecule has 0 radical (unpaired) electrons. The molecule has 0 aliphatic carbocycles. The van der Waals surface area contributed by atoms with Crippen molar-refractivity contribution in [3.05, 3.63) is 29.8 Å². The molecule has 0 aliphatic heterocycles. The highest BCUT2D eigenvalue weighted by atomic mass is 32.2. The molecular formula is C15H21N3OS. The number of anilines is 1. The normalized spacial score (nSPS) is 11.2. The average Bonchev–Trinajstić information content (AvgIpc) is 2.43. The van der Waals surface area contributed by atoms with Gasteiger partial charge in [-0.15, -0.1) is 0 Å². The molecule has 0 amide bonds. The Morgan fingerprint density at radius 3 is 2.80 bits per heavy atom. The lowest BCUT2D eigenvalue weighted by Gasteiger charge is -2.10. The number of benzene rings is 1. The summed E-state index contributed by atoms with van der Waals surface area (Å²) in [5, 5.41) is 1.10. The highest BCUT2D eigenvalue weighted by molar-refractivity contribution is 7.98. The van der Waals surface area contributed by atoms with Crippen LogP contribution in [0.15, 0.2) is 24.3 Å². The van der Waals surface area contributed by atoms with Gasteiger partial charge in [-0.1, -0.05) is 0 Å². The number of thioether (sulfide) groups is 1. The van der Waals surface area contributed by atoms with Crippen LogP contribution in [0, 0.1) is 0 Å². The molecule has 0 saturated carbocycles. The fraction of sp³-hybridized carbons (Fsp3) is 0.400. The minimum Gasteiger partial charge on any atom is -0.497 e. The first-order chi connectivity index (χ1) is 9.60. The highest BCUT2D eigenvalue weighted by Gasteiger charge is 2.05. The van der Waals surface area contributed by atoms with Crippen LogP contribution in [0.2, 0.25) is 0 Å². The molecule has 1 aromatic carbocycles. The van der Waals surface area contributed by atoms with Gasteiger partial charge in [0.2, 0.25) is 0 Å². The molecule has 20 heavy (non-hydrogen) atoms. The van der Waals surface area contributed by atoms with Crippen molar-refractivity contribution >= 4 is 28.5 Å². The van der Waals surface area contributed by atoms with E-state index in [0.717, 1.165) is 40.3 Å². The van der Waals surface area contributed by atoms with Gasteiger partial charge in [0.1, 0.15) is 11.6 Å². The predicted octanol–water partition coefficient (Wildman–Crippen LogP) is 2.62. The fourth-order valence-corrected chi connectivity index (χ4v) is 2.97. The van der Waals surface area contributed by atoms with Crippen LogP contribution in [0.25, 0.3) is 10.9 Å². The molecule has 1 heterocycles. The van der Waals surface area contributed by atoms with Gasteiger partial charge >= 0.3 is 0 Å². The van der Waals surface area contributed by atoms with E-state index in [-0.39, 0.29) is 0 Å². The van der Waals surface area contributed by atoms with Gasteiger partial charge in [0.25, 0.3) is 0 Å². The summed E-state index contributed by atoms with van der Waals surface area (Å²) < 4.78 is 5.20. The first kappa shape index (κ1) is 14.9. The summed E-state index contributed by atoms with van der Waals surface area (Å²) in [7, 11) is 5.82. The van der Waals surface area contributed by atoms with E-state index in [1.165, 1.54) is 0 Å². The van der Waals surface area contributed by atoms with E-state index in [4.69, 9.17) is 10.5 Å². The van der Waals surface area contributed by atoms with Gasteiger partial charge in [-0.05, 0) is 32.3 Å². The molecule has 1 aromatic heterocycles. The molecule has 0 atom stereocenters. The molecule has 0 saturated heterocycles. The van der Waals surface area contributed by atoms with Crippen molar-refractivity contribution in [2.75, 3.05) is 39.2 Å². The van der Waals surface area contributed by atoms with Gasteiger partial charge in [0.15, 0.2) is 0 Å². The maximum atomic E-state index is 6.04. The van der Waals surface area contributed by atoms with Crippen LogP contribution in [0.4, 0.5) is 5.82 Å². The second-order valence-electron chi connectivity index (χ2n) is 4.95. The number of hydrogen-bond acceptors (Lipinski definition) is 5. The molecule has 0 aliphatic rings. The molecule has 108 valence electrons. The number of nitrogens with zero attached hydrogens (tertiary/aromatic N) is 2. The summed E-state index contributed by atoms with van der Waals surface area (Å²) in [6.45, 7) is 1.07. The van der Waals surface area contributed by atoms with E-state index < -0.39 is 0 Å². The summed E-state index contributed by atoms with van der Waals surface area (Å²) in [6, 6.07) is 8.01. The lowest BCUT2D eigenvalue weighted by molar-refractivity contribution is 0.415. The number of nitrogens with two attached hydrogens (primary N) is 1. The van der Waals surface area contributed by atoms with Gasteiger partial charge < -0.3 is 15.4 Å². The summed E-state index contributed by atoms with van der Waals surface area (Å²) in [5.41, 5.74) is 8.03. The van der Waals surface area contributed by atoms with Gasteiger partial charge in [-0.25, -0.2) is 4.98 Å². The van der Waals surface area contributed by atoms with Crippen molar-refractivity contribution in [1.82, 2.24) is 9.88 Å². The van der Waals surface area contributed by atoms with Crippen molar-refractivity contribution in [1.29, 1.82) is 0 Å². The Balaban J connectivity index is 2.12. The zero-order valence-electron chi connectivity index (χ0n) is 12.2. The number of hydrogen-bond donors (Lipinski definition) is 1. The smallest absolute Gasteiger partial charge is 0.128 e. The topological polar surface area (TPSA) is 51.4 Å². The second-order valence-corrected chi connectivity index (χ2v) is 6.05. The molecular weight excluding hydrogens is 270 g/mol. The fourth-order valence-electron chi connectivity index (χ4n) is 1.88. The maximum absolute atomic E-state index is 6.04. The van der Waals surface area contributed by atoms with Crippen molar-refractivity contribution in [2.45, 2.75) is 5.75 Å². The van der Waals surface area contributed by atoms with Gasteiger partial charge in [0, 0.05) is 35.1 Å². The second kappa shape index (κ2) is 6.81. The Hall–Kier alpha value is -1.46. The Kier molecular flexibility index (Phi) is 5.09. The largest absolute Gasteiger partial charge is 0.497 e. The number of nitrogen functional groups attached to an aromatic ring is 1. The molecule has 0 spiro atoms. The zero-order valence-corrected chi connectivity index (χ0v) is 13.0. The van der Waals surface area contributed by atoms with Crippen LogP contribution in [0.3, 0.4) is 0 Å². The van der Waals surface area contributed by atoms with Gasteiger partial charge in [-0.2, -0.15) is 11.8 Å². The molecule has 0 fully saturated rings. The maximum Gasteiger partial charge on any atom is 0.128 e. The lowest BCUT2D eigenvalue weighted by atomic mass is 10.1. The van der Waals surface area contributed by atoms with Crippen LogP contribution in [0.1, 0.15) is 5.56 Å². The highest BCUT2D eigenvalue weighted by Crippen LogP contribution is 2.25. The Bertz CT molecular complexity index is 587. The average molecular weight is 291 g/mol. The number of methoxy groups -OCH3 is 1. The van der Waals surface area contributed by atoms with Crippen LogP contribution < -0.4 is 10.5 Å². The zero-order chi connectivity index (χ0) is 14.5. The summed E-state index contributed by atoms with van der Waals surface area (Å²) in [5.74, 6) is 3.41. The van der Waals surface area contributed by atoms with Crippen LogP contribution in [-0.4, -0.2) is 43.4 Å². The number of ether oxygens (including phenoxy) is 1. The number of aromatic nitrogens is 1. The Labute approximate surface area is 124 Å². The van der Waals surface area contributed by atoms with E-state index in [0.29, 0.717) is 5.82 Å². The van der Waals surface area contributed by atoms with E-state index >= 15 is 0 Å². The number of rotatable bonds is 6. The first-order valence-electron chi connectivity index (χ1n) is 6.56. The van der Waals surface area contributed by atoms with Crippen molar-refractivity contribution in [3.8, 4) is 5.75 Å². The third kappa shape index (κ3) is 3.77. The van der Waals surface area contributed by atoms with Crippen molar-refractivity contribution < 1.29 is 4.74 Å². The first-order valence-corrected chi connectivity index (χ1v) is 7.71. The third-order valence-corrected chi connectivity index (χ3v) is 4.06. The summed E-state index contributed by atoms with van der Waals surface area (Å²) >= 11 is 1.88. The van der Waals surface area contributed by atoms with Crippen LogP contribution >= 0.6 is 11.8 Å². The van der Waals surface area contributed by atoms with Crippen molar-refractivity contribution in [2.24, 2.45) is 0 Å². The number of fused-ring (bicyclic) bond motifs is 1. The van der Waals surface area contributed by atoms with E-state index in [2.05, 4.69) is 30.0 Å². The molecule has 2 rings (SSSR count). The molecule has 0 bridgehead atoms. The Morgan fingerprint density at radius 2 is 2.10 bits per heavy atom. The third-order valence-electron chi connectivity index (χ3n) is 3.08. The monoisotopic (exact) mass is 291 g/mol. The standard InChI is InChI=1S/C15H21N3OS/c1-18(2)6-7-20-10-12-8-11-4-5-13(19-3)9-14(11)17-15(12)16/h4-5,8-9H,6-7,10H2,1-3H3,(H2,16,17). The predicted molar refractivity (Wildman–Crippen MR) is 87.4 cm³/mol. The lowest BCUT2D eigenvalue weighted by Crippen LogP contribution is -2.14. The van der Waals surface area contributed by atoms with Crippen LogP contribution in [0.5, 0.6) is 5.75 Å². The van der Waals surface area contributed by atoms with E-state index in [1.807, 2.05) is 30.0 Å². The SMILES string of the molecule is COc1ccc2cc(CSCCN(C)C)c(N)nc2c1. The van der Waals surface area contributed by atoms with Gasteiger partial charge in [0.05, 0.1) is 12.6 Å². The molecule has 2 aromatic rings. The molecule has 4 nitrogen and oxygen atoms in total. The summed E-state index contributed by atoms with van der Waals surface area (Å²) in [6.07, 6.45) is 0. The van der Waals surface area contributed by atoms with Crippen LogP contribution in [-0.2, 0) is 5.75 Å². The summed E-state index contributed by atoms with van der Waals surface area (Å²) in [4.78, 5) is 6.65. The molecule has 2 N–H and O–H groups in total. The minimum atomic E-state index is 0.614. The minimum absolute atomic E-state index is 0.614. The van der Waals surface area contributed by atoms with E-state index in [9.17, 15) is 0 Å². The molecule has 0 unspecified atom stereocenters. The quantitative estimate of drug-likeness (QED) is 0.829. The number of pyridine rings is 1. The molecule has 5 heteroatoms. The van der Waals surface area contributed by atoms with Gasteiger partial charge in [-0.3, -0.25) is 0 Å². The van der Waals surface area contributed by atoms with E-state index in [1.54, 1.807) is 7.11 Å². The van der Waals surface area contributed by atoms with Crippen molar-refractivity contribution in [3.63, 3.8) is 0 Å².